The molecule has 0 heterocycles. The maximum atomic E-state index is 13.4. The fourth-order valence-electron chi connectivity index (χ4n) is 1.73. The Labute approximate surface area is 140 Å². The number of halogens is 2. The molecule has 0 unspecified atom stereocenters. The van der Waals surface area contributed by atoms with Gasteiger partial charge in [0.15, 0.2) is 6.10 Å². The van der Waals surface area contributed by atoms with Gasteiger partial charge in [-0.25, -0.2) is 4.39 Å². The molecule has 0 spiro atoms. The first-order valence-electron chi connectivity index (χ1n) is 6.74. The zero-order valence-corrected chi connectivity index (χ0v) is 13.8. The van der Waals surface area contributed by atoms with E-state index in [1.54, 1.807) is 18.2 Å². The van der Waals surface area contributed by atoms with Crippen LogP contribution < -0.4 is 15.6 Å². The van der Waals surface area contributed by atoms with E-state index in [9.17, 15) is 14.0 Å². The van der Waals surface area contributed by atoms with E-state index >= 15 is 0 Å². The van der Waals surface area contributed by atoms with Crippen LogP contribution in [0.4, 0.5) is 4.39 Å². The number of benzene rings is 2. The van der Waals surface area contributed by atoms with Crippen LogP contribution in [0.2, 0.25) is 0 Å². The summed E-state index contributed by atoms with van der Waals surface area (Å²) in [7, 11) is 0. The van der Waals surface area contributed by atoms with Crippen LogP contribution in [0.1, 0.15) is 17.3 Å². The molecule has 2 rings (SSSR count). The Kier molecular flexibility index (Phi) is 5.70. The summed E-state index contributed by atoms with van der Waals surface area (Å²) in [5.41, 5.74) is 4.19. The minimum absolute atomic E-state index is 0.159. The Morgan fingerprint density at radius 1 is 1.13 bits per heavy atom. The van der Waals surface area contributed by atoms with Crippen molar-refractivity contribution in [3.05, 3.63) is 64.4 Å². The average Bonchev–Trinajstić information content (AvgIpc) is 2.52. The predicted octanol–water partition coefficient (Wildman–Crippen LogP) is 2.82. The van der Waals surface area contributed by atoms with Gasteiger partial charge in [-0.05, 0) is 37.3 Å². The third kappa shape index (κ3) is 4.79. The van der Waals surface area contributed by atoms with Crippen LogP contribution in [0.5, 0.6) is 5.75 Å². The Morgan fingerprint density at radius 3 is 2.57 bits per heavy atom. The Balaban J connectivity index is 1.89. The summed E-state index contributed by atoms with van der Waals surface area (Å²) in [6.45, 7) is 1.53. The molecule has 0 fully saturated rings. The molecule has 0 aliphatic carbocycles. The Hall–Kier alpha value is -2.41. The minimum Gasteiger partial charge on any atom is -0.481 e. The zero-order chi connectivity index (χ0) is 16.8. The van der Waals surface area contributed by atoms with E-state index in [1.165, 1.54) is 25.1 Å². The van der Waals surface area contributed by atoms with Crippen molar-refractivity contribution in [2.75, 3.05) is 0 Å². The number of hydrogen-bond donors (Lipinski definition) is 2. The van der Waals surface area contributed by atoms with Gasteiger partial charge in [-0.3, -0.25) is 20.4 Å². The average molecular weight is 381 g/mol. The molecule has 2 aromatic carbocycles. The van der Waals surface area contributed by atoms with Gasteiger partial charge in [-0.1, -0.05) is 34.1 Å². The fourth-order valence-corrected chi connectivity index (χ4v) is 2.11. The molecule has 0 saturated carbocycles. The van der Waals surface area contributed by atoms with Gasteiger partial charge >= 0.3 is 0 Å². The van der Waals surface area contributed by atoms with E-state index in [2.05, 4.69) is 26.8 Å². The molecule has 2 aromatic rings. The molecule has 2 amide bonds. The van der Waals surface area contributed by atoms with Crippen molar-refractivity contribution >= 4 is 27.7 Å². The summed E-state index contributed by atoms with van der Waals surface area (Å²) in [6, 6.07) is 12.5. The second-order valence-corrected chi connectivity index (χ2v) is 5.56. The smallest absolute Gasteiger partial charge is 0.279 e. The lowest BCUT2D eigenvalue weighted by atomic mass is 10.2. The first-order valence-corrected chi connectivity index (χ1v) is 7.53. The number of ether oxygens (including phenoxy) is 1. The van der Waals surface area contributed by atoms with Crippen LogP contribution in [0.25, 0.3) is 0 Å². The summed E-state index contributed by atoms with van der Waals surface area (Å²) in [6.07, 6.45) is -0.842. The van der Waals surface area contributed by atoms with Gasteiger partial charge in [0, 0.05) is 4.47 Å². The van der Waals surface area contributed by atoms with Gasteiger partial charge in [-0.2, -0.15) is 0 Å². The SMILES string of the molecule is C[C@@H](Oc1cccc(Br)c1)C(=O)NNC(=O)c1ccccc1F. The summed E-state index contributed by atoms with van der Waals surface area (Å²) in [5.74, 6) is -1.47. The molecule has 0 aliphatic heterocycles. The van der Waals surface area contributed by atoms with Crippen LogP contribution in [-0.4, -0.2) is 17.9 Å². The van der Waals surface area contributed by atoms with Crippen molar-refractivity contribution in [2.45, 2.75) is 13.0 Å². The van der Waals surface area contributed by atoms with Gasteiger partial charge in [0.1, 0.15) is 11.6 Å². The molecule has 0 aromatic heterocycles. The normalized spacial score (nSPS) is 11.4. The number of amides is 2. The molecular weight excluding hydrogens is 367 g/mol. The summed E-state index contributed by atoms with van der Waals surface area (Å²) in [5, 5.41) is 0. The molecule has 2 N–H and O–H groups in total. The van der Waals surface area contributed by atoms with Crippen molar-refractivity contribution in [3.63, 3.8) is 0 Å². The topological polar surface area (TPSA) is 67.4 Å². The quantitative estimate of drug-likeness (QED) is 0.801. The third-order valence-electron chi connectivity index (χ3n) is 2.90. The van der Waals surface area contributed by atoms with Crippen molar-refractivity contribution in [3.8, 4) is 5.75 Å². The first-order chi connectivity index (χ1) is 11.0. The third-order valence-corrected chi connectivity index (χ3v) is 3.39. The molecule has 0 aliphatic rings. The highest BCUT2D eigenvalue weighted by Gasteiger charge is 2.17. The number of hydrogen-bond acceptors (Lipinski definition) is 3. The lowest BCUT2D eigenvalue weighted by molar-refractivity contribution is -0.128. The monoisotopic (exact) mass is 380 g/mol. The van der Waals surface area contributed by atoms with E-state index in [-0.39, 0.29) is 5.56 Å². The molecule has 120 valence electrons. The Bertz CT molecular complexity index is 724. The van der Waals surface area contributed by atoms with Crippen LogP contribution in [0, 0.1) is 5.82 Å². The maximum absolute atomic E-state index is 13.4. The maximum Gasteiger partial charge on any atom is 0.279 e. The second-order valence-electron chi connectivity index (χ2n) is 4.64. The van der Waals surface area contributed by atoms with E-state index in [0.29, 0.717) is 5.75 Å². The highest BCUT2D eigenvalue weighted by molar-refractivity contribution is 9.10. The van der Waals surface area contributed by atoms with Crippen molar-refractivity contribution in [1.29, 1.82) is 0 Å². The van der Waals surface area contributed by atoms with Crippen LogP contribution in [0.3, 0.4) is 0 Å². The van der Waals surface area contributed by atoms with Crippen LogP contribution in [-0.2, 0) is 4.79 Å². The van der Waals surface area contributed by atoms with E-state index in [1.807, 2.05) is 6.07 Å². The zero-order valence-electron chi connectivity index (χ0n) is 12.2. The molecule has 23 heavy (non-hydrogen) atoms. The highest BCUT2D eigenvalue weighted by Crippen LogP contribution is 2.18. The number of rotatable bonds is 4. The standard InChI is InChI=1S/C16H14BrFN2O3/c1-10(23-12-6-4-5-11(17)9-12)15(21)19-20-16(22)13-7-2-3-8-14(13)18/h2-10H,1H3,(H,19,21)(H,20,22)/t10-/m1/s1. The van der Waals surface area contributed by atoms with Gasteiger partial charge in [0.2, 0.25) is 0 Å². The number of carbonyl (C=O) groups excluding carboxylic acids is 2. The predicted molar refractivity (Wildman–Crippen MR) is 86.2 cm³/mol. The molecule has 5 nitrogen and oxygen atoms in total. The summed E-state index contributed by atoms with van der Waals surface area (Å²) in [4.78, 5) is 23.7. The molecule has 0 saturated heterocycles. The fraction of sp³-hybridized carbons (Fsp3) is 0.125. The van der Waals surface area contributed by atoms with Gasteiger partial charge in [0.25, 0.3) is 11.8 Å². The van der Waals surface area contributed by atoms with Crippen LogP contribution in [0.15, 0.2) is 53.0 Å². The molecular formula is C16H14BrFN2O3. The van der Waals surface area contributed by atoms with Gasteiger partial charge in [-0.15, -0.1) is 0 Å². The van der Waals surface area contributed by atoms with Crippen molar-refractivity contribution in [1.82, 2.24) is 10.9 Å². The largest absolute Gasteiger partial charge is 0.481 e. The lowest BCUT2D eigenvalue weighted by Crippen LogP contribution is -2.47. The number of carbonyl (C=O) groups is 2. The van der Waals surface area contributed by atoms with Crippen molar-refractivity contribution in [2.24, 2.45) is 0 Å². The molecule has 0 radical (unpaired) electrons. The van der Waals surface area contributed by atoms with E-state index in [4.69, 9.17) is 4.74 Å². The molecule has 1 atom stereocenters. The second kappa shape index (κ2) is 7.73. The minimum atomic E-state index is -0.842. The Morgan fingerprint density at radius 2 is 1.87 bits per heavy atom. The molecule has 7 heteroatoms. The summed E-state index contributed by atoms with van der Waals surface area (Å²) < 4.78 is 19.7. The summed E-state index contributed by atoms with van der Waals surface area (Å²) >= 11 is 3.30. The van der Waals surface area contributed by atoms with Crippen molar-refractivity contribution < 1.29 is 18.7 Å². The lowest BCUT2D eigenvalue weighted by Gasteiger charge is -2.15. The molecule has 0 bridgehead atoms. The van der Waals surface area contributed by atoms with E-state index in [0.717, 1.165) is 10.5 Å². The van der Waals surface area contributed by atoms with Gasteiger partial charge < -0.3 is 4.74 Å². The highest BCUT2D eigenvalue weighted by atomic mass is 79.9. The number of nitrogens with one attached hydrogen (secondary N) is 2. The first kappa shape index (κ1) is 17.0. The van der Waals surface area contributed by atoms with E-state index < -0.39 is 23.7 Å². The van der Waals surface area contributed by atoms with Gasteiger partial charge in [0.05, 0.1) is 5.56 Å². The van der Waals surface area contributed by atoms with Crippen LogP contribution >= 0.6 is 15.9 Å². The number of hydrazine groups is 1.